The van der Waals surface area contributed by atoms with Crippen LogP contribution in [-0.2, 0) is 18.3 Å². The molecule has 3 N–H and O–H groups in total. The number of hydrogen-bond acceptors (Lipinski definition) is 9. The van der Waals surface area contributed by atoms with Crippen LogP contribution in [0.2, 0.25) is 0 Å². The van der Waals surface area contributed by atoms with Gasteiger partial charge in [-0.15, -0.1) is 0 Å². The van der Waals surface area contributed by atoms with Crippen molar-refractivity contribution in [1.29, 1.82) is 0 Å². The van der Waals surface area contributed by atoms with Crippen molar-refractivity contribution in [2.45, 2.75) is 32.6 Å². The predicted octanol–water partition coefficient (Wildman–Crippen LogP) is 0.672. The Labute approximate surface area is 189 Å². The third-order valence-corrected chi connectivity index (χ3v) is 4.81. The zero-order chi connectivity index (χ0) is 24.1. The molecule has 0 aliphatic rings. The highest BCUT2D eigenvalue weighted by Crippen LogP contribution is 2.27. The number of anilines is 1. The highest BCUT2D eigenvalue weighted by atomic mass is 16.5. The Morgan fingerprint density at radius 2 is 1.97 bits per heavy atom. The summed E-state index contributed by atoms with van der Waals surface area (Å²) >= 11 is 0. The lowest BCUT2D eigenvalue weighted by Crippen LogP contribution is -2.30. The maximum atomic E-state index is 12.5. The van der Waals surface area contributed by atoms with Gasteiger partial charge in [0.05, 0.1) is 45.8 Å². The molecular weight excluding hydrogens is 432 g/mol. The molecule has 0 unspecified atom stereocenters. The van der Waals surface area contributed by atoms with E-state index in [1.165, 1.54) is 29.5 Å². The minimum Gasteiger partial charge on any atom is -0.493 e. The van der Waals surface area contributed by atoms with Crippen LogP contribution < -0.4 is 26.1 Å². The first-order valence-corrected chi connectivity index (χ1v) is 10.3. The zero-order valence-corrected chi connectivity index (χ0v) is 19.2. The molecule has 0 saturated heterocycles. The zero-order valence-electron chi connectivity index (χ0n) is 19.2. The van der Waals surface area contributed by atoms with Gasteiger partial charge in [0.15, 0.2) is 22.7 Å². The van der Waals surface area contributed by atoms with Crippen molar-refractivity contribution in [2.75, 3.05) is 26.3 Å². The fourth-order valence-electron chi connectivity index (χ4n) is 3.16. The number of fused-ring (bicyclic) bond motifs is 1. The summed E-state index contributed by atoms with van der Waals surface area (Å²) in [6.07, 6.45) is 0.552. The number of imidazole rings is 1. The fraction of sp³-hybridized carbons (Fsp3) is 0.429. The van der Waals surface area contributed by atoms with E-state index in [0.717, 1.165) is 5.56 Å². The third-order valence-electron chi connectivity index (χ3n) is 4.81. The number of nitrogens with zero attached hydrogens (tertiary/aromatic N) is 4. The average Bonchev–Trinajstić information content (AvgIpc) is 3.14. The van der Waals surface area contributed by atoms with Crippen molar-refractivity contribution in [3.63, 3.8) is 0 Å². The van der Waals surface area contributed by atoms with E-state index in [2.05, 4.69) is 20.5 Å². The maximum Gasteiger partial charge on any atom is 0.329 e. The molecule has 0 amide bonds. The Morgan fingerprint density at radius 3 is 2.64 bits per heavy atom. The summed E-state index contributed by atoms with van der Waals surface area (Å²) in [6.45, 7) is 3.78. The molecule has 2 aromatic heterocycles. The quantitative estimate of drug-likeness (QED) is 0.296. The normalized spacial score (nSPS) is 12.6. The van der Waals surface area contributed by atoms with Gasteiger partial charge in [-0.3, -0.25) is 14.3 Å². The van der Waals surface area contributed by atoms with Gasteiger partial charge in [0, 0.05) is 7.05 Å². The molecule has 0 bridgehead atoms. The molecule has 0 spiro atoms. The van der Waals surface area contributed by atoms with Crippen LogP contribution in [0.3, 0.4) is 0 Å². The molecular formula is C21H28N6O6. The van der Waals surface area contributed by atoms with Crippen molar-refractivity contribution in [3.05, 3.63) is 44.6 Å². The second-order valence-electron chi connectivity index (χ2n) is 7.56. The number of rotatable bonds is 10. The van der Waals surface area contributed by atoms with E-state index in [1.807, 2.05) is 13.8 Å². The molecule has 3 aromatic rings. The van der Waals surface area contributed by atoms with E-state index >= 15 is 0 Å². The summed E-state index contributed by atoms with van der Waals surface area (Å²) in [6, 6.07) is 5.28. The molecule has 1 atom stereocenters. The molecule has 1 aromatic carbocycles. The number of ether oxygens (including phenoxy) is 3. The number of H-pyrrole nitrogens is 1. The van der Waals surface area contributed by atoms with Gasteiger partial charge in [0.2, 0.25) is 5.95 Å². The van der Waals surface area contributed by atoms with Crippen molar-refractivity contribution in [2.24, 2.45) is 12.1 Å². The monoisotopic (exact) mass is 460 g/mol. The van der Waals surface area contributed by atoms with Crippen LogP contribution in [0.5, 0.6) is 11.5 Å². The summed E-state index contributed by atoms with van der Waals surface area (Å²) in [5.74, 6) is 1.31. The Bertz CT molecular complexity index is 1260. The number of aliphatic hydroxyl groups excluding tert-OH is 1. The Kier molecular flexibility index (Phi) is 7.51. The van der Waals surface area contributed by atoms with Crippen LogP contribution >= 0.6 is 0 Å². The second-order valence-corrected chi connectivity index (χ2v) is 7.56. The van der Waals surface area contributed by atoms with E-state index in [0.29, 0.717) is 11.5 Å². The van der Waals surface area contributed by atoms with Gasteiger partial charge >= 0.3 is 5.69 Å². The number of benzene rings is 1. The maximum absolute atomic E-state index is 12.5. The summed E-state index contributed by atoms with van der Waals surface area (Å²) in [4.78, 5) is 31.1. The van der Waals surface area contributed by atoms with E-state index < -0.39 is 17.4 Å². The van der Waals surface area contributed by atoms with Crippen molar-refractivity contribution in [3.8, 4) is 11.5 Å². The van der Waals surface area contributed by atoms with Gasteiger partial charge in [-0.1, -0.05) is 0 Å². The van der Waals surface area contributed by atoms with Crippen molar-refractivity contribution >= 4 is 23.3 Å². The molecule has 3 rings (SSSR count). The van der Waals surface area contributed by atoms with Crippen LogP contribution in [0, 0.1) is 0 Å². The molecule has 0 fully saturated rings. The smallest absolute Gasteiger partial charge is 0.329 e. The Balaban J connectivity index is 1.95. The SMILES string of the molecule is COc1ccc(/C=N/Nc2nc3c(c(=O)[nH]c(=O)n3C)n2C[C@H](O)COC(C)C)cc1OC. The van der Waals surface area contributed by atoms with E-state index in [-0.39, 0.29) is 36.4 Å². The largest absolute Gasteiger partial charge is 0.493 e. The summed E-state index contributed by atoms with van der Waals surface area (Å²) in [7, 11) is 4.58. The third kappa shape index (κ3) is 5.41. The number of aliphatic hydroxyl groups is 1. The predicted molar refractivity (Wildman–Crippen MR) is 123 cm³/mol. The van der Waals surface area contributed by atoms with Gasteiger partial charge in [-0.05, 0) is 37.6 Å². The number of methoxy groups -OCH3 is 2. The van der Waals surface area contributed by atoms with Crippen LogP contribution in [-0.4, -0.2) is 63.5 Å². The molecule has 12 heteroatoms. The topological polar surface area (TPSA) is 145 Å². The Hall–Kier alpha value is -3.64. The second kappa shape index (κ2) is 10.3. The molecule has 0 radical (unpaired) electrons. The van der Waals surface area contributed by atoms with Gasteiger partial charge in [0.1, 0.15) is 0 Å². The number of hydrogen-bond donors (Lipinski definition) is 3. The van der Waals surface area contributed by atoms with Crippen LogP contribution in [0.1, 0.15) is 19.4 Å². The van der Waals surface area contributed by atoms with Crippen molar-refractivity contribution in [1.82, 2.24) is 19.1 Å². The number of aromatic nitrogens is 4. The van der Waals surface area contributed by atoms with Crippen LogP contribution in [0.25, 0.3) is 11.2 Å². The van der Waals surface area contributed by atoms with Gasteiger partial charge < -0.3 is 23.9 Å². The first kappa shape index (κ1) is 24.0. The molecule has 178 valence electrons. The number of aryl methyl sites for hydroxylation is 1. The standard InChI is InChI=1S/C21H28N6O6/c1-12(2)33-11-14(28)10-27-17-18(26(3)21(30)24-19(17)29)23-20(27)25-22-9-13-6-7-15(31-4)16(8-13)32-5/h6-9,12,14,28H,10-11H2,1-5H3,(H,23,25)(H,24,29,30)/b22-9+/t14-/m0/s1. The summed E-state index contributed by atoms with van der Waals surface area (Å²) in [5, 5.41) is 14.6. The van der Waals surface area contributed by atoms with Crippen LogP contribution in [0.4, 0.5) is 5.95 Å². The van der Waals surface area contributed by atoms with Gasteiger partial charge in [-0.25, -0.2) is 10.2 Å². The first-order valence-electron chi connectivity index (χ1n) is 10.3. The molecule has 0 saturated carbocycles. The lowest BCUT2D eigenvalue weighted by molar-refractivity contribution is -0.000105. The number of nitrogens with one attached hydrogen (secondary N) is 2. The lowest BCUT2D eigenvalue weighted by atomic mass is 10.2. The summed E-state index contributed by atoms with van der Waals surface area (Å²) in [5.41, 5.74) is 2.59. The minimum atomic E-state index is -0.920. The molecule has 12 nitrogen and oxygen atoms in total. The molecule has 33 heavy (non-hydrogen) atoms. The summed E-state index contributed by atoms with van der Waals surface area (Å²) < 4.78 is 18.7. The van der Waals surface area contributed by atoms with Gasteiger partial charge in [-0.2, -0.15) is 10.1 Å². The fourth-order valence-corrected chi connectivity index (χ4v) is 3.16. The molecule has 2 heterocycles. The minimum absolute atomic E-state index is 0.00127. The number of hydrazone groups is 1. The van der Waals surface area contributed by atoms with Crippen LogP contribution in [0.15, 0.2) is 32.9 Å². The van der Waals surface area contributed by atoms with E-state index in [1.54, 1.807) is 25.3 Å². The Morgan fingerprint density at radius 1 is 1.24 bits per heavy atom. The van der Waals surface area contributed by atoms with Crippen molar-refractivity contribution < 1.29 is 19.3 Å². The number of aromatic amines is 1. The average molecular weight is 460 g/mol. The van der Waals surface area contributed by atoms with Gasteiger partial charge in [0.25, 0.3) is 5.56 Å². The van der Waals surface area contributed by atoms with E-state index in [9.17, 15) is 14.7 Å². The lowest BCUT2D eigenvalue weighted by Gasteiger charge is -2.15. The molecule has 0 aliphatic heterocycles. The van der Waals surface area contributed by atoms with E-state index in [4.69, 9.17) is 14.2 Å². The highest BCUT2D eigenvalue weighted by Gasteiger charge is 2.20. The highest BCUT2D eigenvalue weighted by molar-refractivity contribution is 5.81. The molecule has 0 aliphatic carbocycles. The first-order chi connectivity index (χ1) is 15.7.